The summed E-state index contributed by atoms with van der Waals surface area (Å²) in [6.07, 6.45) is 3.22. The van der Waals surface area contributed by atoms with E-state index < -0.39 is 0 Å². The van der Waals surface area contributed by atoms with Gasteiger partial charge in [0.15, 0.2) is 5.82 Å². The van der Waals surface area contributed by atoms with Crippen molar-refractivity contribution in [3.63, 3.8) is 0 Å². The molecule has 0 bridgehead atoms. The fourth-order valence-electron chi connectivity index (χ4n) is 2.83. The minimum absolute atomic E-state index is 0.0638. The smallest absolute Gasteiger partial charge is 0.315 e. The Morgan fingerprint density at radius 3 is 3.18 bits per heavy atom. The van der Waals surface area contributed by atoms with Crippen LogP contribution in [-0.4, -0.2) is 25.9 Å². The second-order valence-corrected chi connectivity index (χ2v) is 5.30. The summed E-state index contributed by atoms with van der Waals surface area (Å²) in [6, 6.07) is 5.12. The molecule has 22 heavy (non-hydrogen) atoms. The van der Waals surface area contributed by atoms with Crippen LogP contribution < -0.4 is 10.6 Å². The summed E-state index contributed by atoms with van der Waals surface area (Å²) in [7, 11) is 0. The first-order chi connectivity index (χ1) is 10.7. The Hall–Kier alpha value is -2.57. The Kier molecular flexibility index (Phi) is 3.95. The predicted molar refractivity (Wildman–Crippen MR) is 80.2 cm³/mol. The number of fused-ring (bicyclic) bond motifs is 1. The van der Waals surface area contributed by atoms with Gasteiger partial charge in [-0.25, -0.2) is 4.79 Å². The van der Waals surface area contributed by atoms with E-state index >= 15 is 0 Å². The topological polar surface area (TPSA) is 92.1 Å². The quantitative estimate of drug-likeness (QED) is 0.798. The molecule has 2 amide bonds. The number of aromatic nitrogens is 3. The van der Waals surface area contributed by atoms with Gasteiger partial charge in [-0.2, -0.15) is 0 Å². The summed E-state index contributed by atoms with van der Waals surface area (Å²) in [5.74, 6) is 1.03. The van der Waals surface area contributed by atoms with Gasteiger partial charge in [-0.1, -0.05) is 12.1 Å². The monoisotopic (exact) mass is 301 g/mol. The fraction of sp³-hybridized carbons (Fsp3) is 0.400. The molecule has 0 aliphatic heterocycles. The molecule has 1 aromatic heterocycles. The van der Waals surface area contributed by atoms with Crippen molar-refractivity contribution in [3.8, 4) is 5.75 Å². The fourth-order valence-corrected chi connectivity index (χ4v) is 2.83. The molecule has 1 aliphatic carbocycles. The van der Waals surface area contributed by atoms with E-state index in [0.29, 0.717) is 12.3 Å². The van der Waals surface area contributed by atoms with Gasteiger partial charge in [-0.15, -0.1) is 10.2 Å². The van der Waals surface area contributed by atoms with Crippen molar-refractivity contribution < 1.29 is 9.90 Å². The van der Waals surface area contributed by atoms with Crippen molar-refractivity contribution in [1.82, 2.24) is 25.4 Å². The van der Waals surface area contributed by atoms with Gasteiger partial charge < -0.3 is 20.3 Å². The number of phenolic OH excluding ortho intramolecular Hbond substituents is 1. The summed E-state index contributed by atoms with van der Waals surface area (Å²) in [4.78, 5) is 12.0. The number of benzene rings is 1. The third kappa shape index (κ3) is 2.74. The largest absolute Gasteiger partial charge is 0.508 e. The molecule has 0 spiro atoms. The van der Waals surface area contributed by atoms with Gasteiger partial charge in [0, 0.05) is 6.54 Å². The highest BCUT2D eigenvalue weighted by Crippen LogP contribution is 2.36. The average molecular weight is 301 g/mol. The lowest BCUT2D eigenvalue weighted by Crippen LogP contribution is -2.37. The molecule has 3 rings (SSSR count). The lowest BCUT2D eigenvalue weighted by Gasteiger charge is -2.15. The molecular formula is C15H19N5O2. The highest BCUT2D eigenvalue weighted by atomic mass is 16.3. The van der Waals surface area contributed by atoms with Gasteiger partial charge >= 0.3 is 6.03 Å². The molecule has 116 valence electrons. The minimum Gasteiger partial charge on any atom is -0.508 e. The minimum atomic E-state index is -0.244. The third-order valence-corrected chi connectivity index (χ3v) is 3.99. The Morgan fingerprint density at radius 1 is 1.50 bits per heavy atom. The van der Waals surface area contributed by atoms with Crippen molar-refractivity contribution in [1.29, 1.82) is 0 Å². The molecule has 1 unspecified atom stereocenters. The molecule has 0 radical (unpaired) electrons. The number of hydrogen-bond donors (Lipinski definition) is 3. The van der Waals surface area contributed by atoms with Gasteiger partial charge in [0.25, 0.3) is 0 Å². The maximum atomic E-state index is 12.0. The Balaban J connectivity index is 1.59. The van der Waals surface area contributed by atoms with E-state index in [0.717, 1.165) is 36.3 Å². The number of urea groups is 1. The molecular weight excluding hydrogens is 282 g/mol. The van der Waals surface area contributed by atoms with Gasteiger partial charge in [0.1, 0.15) is 12.1 Å². The molecule has 1 aliphatic rings. The van der Waals surface area contributed by atoms with E-state index in [1.165, 1.54) is 0 Å². The van der Waals surface area contributed by atoms with Crippen LogP contribution in [0.3, 0.4) is 0 Å². The number of nitrogens with zero attached hydrogens (tertiary/aromatic N) is 3. The molecule has 2 aromatic rings. The van der Waals surface area contributed by atoms with Crippen LogP contribution in [0, 0.1) is 0 Å². The first-order valence-corrected chi connectivity index (χ1v) is 7.40. The number of aromatic hydroxyl groups is 1. The normalized spacial score (nSPS) is 16.3. The lowest BCUT2D eigenvalue weighted by molar-refractivity contribution is 0.236. The molecule has 0 fully saturated rings. The third-order valence-electron chi connectivity index (χ3n) is 3.99. The number of amides is 2. The maximum Gasteiger partial charge on any atom is 0.315 e. The standard InChI is InChI=1S/C15H19N5O2/c1-2-20-9-17-19-14(20)8-16-15(22)18-12-7-6-11-10(12)4-3-5-13(11)21/h3-5,9,12,21H,2,6-8H2,1H3,(H2,16,18,22). The maximum absolute atomic E-state index is 12.0. The molecule has 1 atom stereocenters. The van der Waals surface area contributed by atoms with E-state index in [1.807, 2.05) is 17.6 Å². The first kappa shape index (κ1) is 14.4. The van der Waals surface area contributed by atoms with E-state index in [1.54, 1.807) is 18.5 Å². The second kappa shape index (κ2) is 6.05. The second-order valence-electron chi connectivity index (χ2n) is 5.30. The molecule has 3 N–H and O–H groups in total. The summed E-state index contributed by atoms with van der Waals surface area (Å²) in [5, 5.41) is 23.4. The Morgan fingerprint density at radius 2 is 2.36 bits per heavy atom. The summed E-state index contributed by atoms with van der Waals surface area (Å²) in [6.45, 7) is 3.09. The zero-order valence-electron chi connectivity index (χ0n) is 12.4. The van der Waals surface area contributed by atoms with Crippen molar-refractivity contribution >= 4 is 6.03 Å². The van der Waals surface area contributed by atoms with Crippen molar-refractivity contribution in [2.45, 2.75) is 38.9 Å². The Labute approximate surface area is 128 Å². The zero-order chi connectivity index (χ0) is 15.5. The number of carbonyl (C=O) groups is 1. The molecule has 1 aromatic carbocycles. The van der Waals surface area contributed by atoms with Crippen molar-refractivity contribution in [3.05, 3.63) is 41.5 Å². The van der Waals surface area contributed by atoms with Gasteiger partial charge in [0.2, 0.25) is 0 Å². The number of aryl methyl sites for hydroxylation is 1. The molecule has 1 heterocycles. The van der Waals surface area contributed by atoms with Crippen LogP contribution in [0.25, 0.3) is 0 Å². The van der Waals surface area contributed by atoms with E-state index in [2.05, 4.69) is 20.8 Å². The average Bonchev–Trinajstić information content (AvgIpc) is 3.13. The summed E-state index contributed by atoms with van der Waals surface area (Å²) in [5.41, 5.74) is 1.92. The number of hydrogen-bond acceptors (Lipinski definition) is 4. The molecule has 7 nitrogen and oxygen atoms in total. The number of nitrogens with one attached hydrogen (secondary N) is 2. The molecule has 0 saturated heterocycles. The SMILES string of the molecule is CCn1cnnc1CNC(=O)NC1CCc2c(O)cccc21. The van der Waals surface area contributed by atoms with Crippen LogP contribution in [0.5, 0.6) is 5.75 Å². The van der Waals surface area contributed by atoms with E-state index in [9.17, 15) is 9.90 Å². The van der Waals surface area contributed by atoms with E-state index in [-0.39, 0.29) is 12.1 Å². The van der Waals surface area contributed by atoms with Crippen molar-refractivity contribution in [2.24, 2.45) is 0 Å². The van der Waals surface area contributed by atoms with Crippen LogP contribution in [0.2, 0.25) is 0 Å². The lowest BCUT2D eigenvalue weighted by atomic mass is 10.1. The molecule has 7 heteroatoms. The predicted octanol–water partition coefficient (Wildman–Crippen LogP) is 1.49. The van der Waals surface area contributed by atoms with Crippen LogP contribution in [-0.2, 0) is 19.5 Å². The highest BCUT2D eigenvalue weighted by molar-refractivity contribution is 5.74. The number of rotatable bonds is 4. The van der Waals surface area contributed by atoms with Crippen LogP contribution in [0.15, 0.2) is 24.5 Å². The first-order valence-electron chi connectivity index (χ1n) is 7.40. The van der Waals surface area contributed by atoms with Gasteiger partial charge in [-0.05, 0) is 37.0 Å². The van der Waals surface area contributed by atoms with Gasteiger partial charge in [-0.3, -0.25) is 0 Å². The van der Waals surface area contributed by atoms with Crippen molar-refractivity contribution in [2.75, 3.05) is 0 Å². The summed E-state index contributed by atoms with van der Waals surface area (Å²) < 4.78 is 1.88. The Bertz CT molecular complexity index is 682. The van der Waals surface area contributed by atoms with E-state index in [4.69, 9.17) is 0 Å². The number of phenols is 1. The highest BCUT2D eigenvalue weighted by Gasteiger charge is 2.25. The number of carbonyl (C=O) groups excluding carboxylic acids is 1. The van der Waals surface area contributed by atoms with Crippen LogP contribution in [0.4, 0.5) is 4.79 Å². The molecule has 0 saturated carbocycles. The van der Waals surface area contributed by atoms with Crippen LogP contribution in [0.1, 0.15) is 36.3 Å². The van der Waals surface area contributed by atoms with Gasteiger partial charge in [0.05, 0.1) is 12.6 Å². The summed E-state index contributed by atoms with van der Waals surface area (Å²) >= 11 is 0. The van der Waals surface area contributed by atoms with Crippen LogP contribution >= 0.6 is 0 Å². The zero-order valence-corrected chi connectivity index (χ0v) is 12.4.